The van der Waals surface area contributed by atoms with Crippen LogP contribution >= 0.6 is 0 Å². The number of hydrogen-bond donors (Lipinski definition) is 1. The zero-order chi connectivity index (χ0) is 21.2. The molecule has 0 unspecified atom stereocenters. The van der Waals surface area contributed by atoms with Crippen LogP contribution in [0.15, 0.2) is 12.1 Å². The van der Waals surface area contributed by atoms with Gasteiger partial charge in [0.2, 0.25) is 6.41 Å². The summed E-state index contributed by atoms with van der Waals surface area (Å²) in [6, 6.07) is 2.42. The number of carbonyl (C=O) groups excluding carboxylic acids is 3. The molecule has 0 spiro atoms. The summed E-state index contributed by atoms with van der Waals surface area (Å²) in [6.07, 6.45) is -0.0260. The summed E-state index contributed by atoms with van der Waals surface area (Å²) in [6.45, 7) is 7.71. The largest absolute Gasteiger partial charge is 0.444 e. The van der Waals surface area contributed by atoms with Gasteiger partial charge in [0.15, 0.2) is 0 Å². The molecule has 0 aromatic heterocycles. The summed E-state index contributed by atoms with van der Waals surface area (Å²) < 4.78 is 5.27. The van der Waals surface area contributed by atoms with Gasteiger partial charge in [-0.1, -0.05) is 0 Å². The van der Waals surface area contributed by atoms with E-state index in [2.05, 4.69) is 0 Å². The van der Waals surface area contributed by atoms with Gasteiger partial charge in [0.25, 0.3) is 11.6 Å². The number of nitrogens with two attached hydrogens (primary N) is 1. The molecule has 10 nitrogen and oxygen atoms in total. The lowest BCUT2D eigenvalue weighted by atomic mass is 9.99. The maximum atomic E-state index is 12.7. The minimum atomic E-state index is -0.631. The molecule has 1 saturated heterocycles. The molecule has 28 heavy (non-hydrogen) atoms. The summed E-state index contributed by atoms with van der Waals surface area (Å²) in [7, 11) is 0. The second-order valence-electron chi connectivity index (χ2n) is 7.80. The quantitative estimate of drug-likeness (QED) is 0.350. The molecule has 2 rings (SSSR count). The normalized spacial score (nSPS) is 14.2. The third kappa shape index (κ3) is 4.76. The van der Waals surface area contributed by atoms with E-state index in [1.165, 1.54) is 24.0 Å². The van der Waals surface area contributed by atoms with Gasteiger partial charge in [0, 0.05) is 37.2 Å². The number of hydrogen-bond acceptors (Lipinski definition) is 7. The van der Waals surface area contributed by atoms with Crippen molar-refractivity contribution in [2.24, 2.45) is 5.92 Å². The number of nitro benzene ring substituents is 1. The molecular weight excluding hydrogens is 368 g/mol. The van der Waals surface area contributed by atoms with Crippen LogP contribution in [0, 0.1) is 23.0 Å². The number of likely N-dealkylation sites (tertiary alicyclic amines) is 1. The van der Waals surface area contributed by atoms with Crippen molar-refractivity contribution in [3.63, 3.8) is 0 Å². The second kappa shape index (κ2) is 7.83. The maximum Gasteiger partial charge on any atom is 0.410 e. The van der Waals surface area contributed by atoms with E-state index in [1.54, 1.807) is 20.8 Å². The van der Waals surface area contributed by atoms with E-state index < -0.39 is 22.5 Å². The monoisotopic (exact) mass is 392 g/mol. The van der Waals surface area contributed by atoms with E-state index in [1.807, 2.05) is 0 Å². The van der Waals surface area contributed by atoms with Crippen molar-refractivity contribution in [1.82, 2.24) is 9.80 Å². The Hall–Kier alpha value is -3.17. The van der Waals surface area contributed by atoms with Crippen LogP contribution < -0.4 is 5.73 Å². The lowest BCUT2D eigenvalue weighted by Gasteiger charge is -2.40. The van der Waals surface area contributed by atoms with E-state index in [0.29, 0.717) is 25.1 Å². The predicted molar refractivity (Wildman–Crippen MR) is 101 cm³/mol. The van der Waals surface area contributed by atoms with Crippen LogP contribution in [-0.2, 0) is 9.53 Å². The zero-order valence-electron chi connectivity index (χ0n) is 16.3. The van der Waals surface area contributed by atoms with Crippen molar-refractivity contribution in [2.75, 3.05) is 25.4 Å². The summed E-state index contributed by atoms with van der Waals surface area (Å²) in [5, 5.41) is 10.9. The number of anilines is 1. The number of nitrogens with zero attached hydrogens (tertiary/aromatic N) is 3. The highest BCUT2D eigenvalue weighted by molar-refractivity contribution is 6.02. The molecule has 1 aromatic carbocycles. The number of ether oxygens (including phenoxy) is 1. The second-order valence-corrected chi connectivity index (χ2v) is 7.80. The molecule has 1 fully saturated rings. The highest BCUT2D eigenvalue weighted by Crippen LogP contribution is 2.27. The van der Waals surface area contributed by atoms with Crippen LogP contribution in [0.2, 0.25) is 0 Å². The molecule has 1 aliphatic rings. The van der Waals surface area contributed by atoms with Crippen LogP contribution in [0.4, 0.5) is 16.2 Å². The average molecular weight is 392 g/mol. The van der Waals surface area contributed by atoms with Crippen molar-refractivity contribution in [3.05, 3.63) is 33.4 Å². The van der Waals surface area contributed by atoms with Crippen LogP contribution in [0.25, 0.3) is 0 Å². The van der Waals surface area contributed by atoms with Crippen LogP contribution in [0.3, 0.4) is 0 Å². The number of rotatable bonds is 5. The molecule has 10 heteroatoms. The first-order valence-corrected chi connectivity index (χ1v) is 8.71. The number of nitrogen functional groups attached to an aromatic ring is 1. The molecular formula is C18H24N4O6. The Morgan fingerprint density at radius 3 is 2.50 bits per heavy atom. The summed E-state index contributed by atoms with van der Waals surface area (Å²) in [4.78, 5) is 48.9. The fraction of sp³-hybridized carbons (Fsp3) is 0.500. The number of benzene rings is 1. The Balaban J connectivity index is 2.02. The van der Waals surface area contributed by atoms with Gasteiger partial charge in [0.1, 0.15) is 11.3 Å². The van der Waals surface area contributed by atoms with Crippen molar-refractivity contribution in [2.45, 2.75) is 33.3 Å². The molecule has 0 atom stereocenters. The summed E-state index contributed by atoms with van der Waals surface area (Å²) in [5.41, 5.74) is 5.09. The van der Waals surface area contributed by atoms with E-state index in [-0.39, 0.29) is 29.4 Å². The Morgan fingerprint density at radius 1 is 1.39 bits per heavy atom. The number of amides is 3. The minimum Gasteiger partial charge on any atom is -0.444 e. The molecule has 0 radical (unpaired) electrons. The summed E-state index contributed by atoms with van der Waals surface area (Å²) >= 11 is 0. The fourth-order valence-corrected chi connectivity index (χ4v) is 2.87. The first-order valence-electron chi connectivity index (χ1n) is 8.71. The molecule has 3 amide bonds. The van der Waals surface area contributed by atoms with Gasteiger partial charge in [-0.2, -0.15) is 0 Å². The molecule has 1 heterocycles. The van der Waals surface area contributed by atoms with E-state index in [0.717, 1.165) is 4.90 Å². The van der Waals surface area contributed by atoms with Gasteiger partial charge in [-0.25, -0.2) is 4.79 Å². The molecule has 0 bridgehead atoms. The van der Waals surface area contributed by atoms with Gasteiger partial charge < -0.3 is 15.4 Å². The highest BCUT2D eigenvalue weighted by Gasteiger charge is 2.35. The molecule has 152 valence electrons. The molecule has 1 aromatic rings. The Kier molecular flexibility index (Phi) is 5.91. The minimum absolute atomic E-state index is 0.0719. The molecule has 1 aliphatic heterocycles. The predicted octanol–water partition coefficient (Wildman–Crippen LogP) is 1.95. The highest BCUT2D eigenvalue weighted by atomic mass is 16.6. The molecule has 0 saturated carbocycles. The molecule has 0 aliphatic carbocycles. The van der Waals surface area contributed by atoms with Crippen LogP contribution in [0.1, 0.15) is 36.7 Å². The Labute approximate surface area is 162 Å². The van der Waals surface area contributed by atoms with Crippen LogP contribution in [0.5, 0.6) is 0 Å². The average Bonchev–Trinajstić information content (AvgIpc) is 2.53. The Bertz CT molecular complexity index is 811. The van der Waals surface area contributed by atoms with Crippen molar-refractivity contribution in [1.29, 1.82) is 0 Å². The van der Waals surface area contributed by atoms with Gasteiger partial charge in [-0.3, -0.25) is 24.6 Å². The topological polar surface area (TPSA) is 136 Å². The lowest BCUT2D eigenvalue weighted by Crippen LogP contribution is -2.55. The van der Waals surface area contributed by atoms with Crippen molar-refractivity contribution >= 4 is 29.8 Å². The van der Waals surface area contributed by atoms with Crippen LogP contribution in [-0.4, -0.2) is 58.4 Å². The van der Waals surface area contributed by atoms with E-state index in [4.69, 9.17) is 10.5 Å². The van der Waals surface area contributed by atoms with Gasteiger partial charge in [-0.15, -0.1) is 0 Å². The number of imide groups is 1. The first-order chi connectivity index (χ1) is 12.9. The zero-order valence-corrected chi connectivity index (χ0v) is 16.3. The third-order valence-corrected chi connectivity index (χ3v) is 4.25. The smallest absolute Gasteiger partial charge is 0.410 e. The Morgan fingerprint density at radius 2 is 2.00 bits per heavy atom. The van der Waals surface area contributed by atoms with Gasteiger partial charge >= 0.3 is 6.09 Å². The maximum absolute atomic E-state index is 12.7. The number of aryl methyl sites for hydroxylation is 1. The van der Waals surface area contributed by atoms with Crippen molar-refractivity contribution < 1.29 is 24.0 Å². The SMILES string of the molecule is Cc1cc([N+](=O)[O-])c(N)cc1C(=O)N(C=O)CC1CN(C(=O)OC(C)(C)C)C1. The van der Waals surface area contributed by atoms with E-state index in [9.17, 15) is 24.5 Å². The fourth-order valence-electron chi connectivity index (χ4n) is 2.87. The van der Waals surface area contributed by atoms with E-state index >= 15 is 0 Å². The van der Waals surface area contributed by atoms with Gasteiger partial charge in [-0.05, 0) is 39.3 Å². The standard InChI is InChI=1S/C18H24N4O6/c1-11-5-15(22(26)27)14(19)6-13(11)16(24)21(10-23)9-12-7-20(8-12)17(25)28-18(2,3)4/h5-6,10,12H,7-9,19H2,1-4H3. The molecule has 2 N–H and O–H groups in total. The summed E-state index contributed by atoms with van der Waals surface area (Å²) in [5.74, 6) is -0.665. The van der Waals surface area contributed by atoms with Gasteiger partial charge in [0.05, 0.1) is 4.92 Å². The van der Waals surface area contributed by atoms with Crippen molar-refractivity contribution in [3.8, 4) is 0 Å². The number of carbonyl (C=O) groups is 3. The lowest BCUT2D eigenvalue weighted by molar-refractivity contribution is -0.383. The number of nitro groups is 1. The third-order valence-electron chi connectivity index (χ3n) is 4.25. The first kappa shape index (κ1) is 21.1.